The number of anilines is 1. The number of phenols is 2. The number of carbonyl (C=O) groups excluding carboxylic acids is 2. The quantitative estimate of drug-likeness (QED) is 0.471. The molecule has 3 N–H and O–H groups in total. The summed E-state index contributed by atoms with van der Waals surface area (Å²) < 4.78 is 4.88. The zero-order chi connectivity index (χ0) is 18.5. The number of nitrogens with one attached hydrogen (secondary N) is 1. The number of hydrogen-bond donors (Lipinski definition) is 3. The van der Waals surface area contributed by atoms with Gasteiger partial charge in [0.15, 0.2) is 23.2 Å². The molecule has 8 heteroatoms. The Morgan fingerprint density at radius 2 is 1.85 bits per heavy atom. The van der Waals surface area contributed by atoms with Crippen molar-refractivity contribution >= 4 is 28.3 Å². The van der Waals surface area contributed by atoms with Crippen LogP contribution in [0.3, 0.4) is 0 Å². The molecule has 0 spiro atoms. The molecule has 0 saturated carbocycles. The third-order valence-electron chi connectivity index (χ3n) is 3.37. The van der Waals surface area contributed by atoms with Crippen molar-refractivity contribution in [1.82, 2.24) is 4.98 Å². The van der Waals surface area contributed by atoms with Crippen LogP contribution >= 0.6 is 11.3 Å². The highest BCUT2D eigenvalue weighted by molar-refractivity contribution is 7.14. The number of rotatable bonds is 5. The van der Waals surface area contributed by atoms with Gasteiger partial charge in [0.2, 0.25) is 0 Å². The van der Waals surface area contributed by atoms with E-state index in [1.54, 1.807) is 0 Å². The Hall–Kier alpha value is -3.39. The van der Waals surface area contributed by atoms with Gasteiger partial charge in [0.25, 0.3) is 5.91 Å². The highest BCUT2D eigenvalue weighted by Gasteiger charge is 2.13. The fourth-order valence-corrected chi connectivity index (χ4v) is 2.83. The first-order valence-electron chi connectivity index (χ1n) is 7.53. The van der Waals surface area contributed by atoms with E-state index in [0.29, 0.717) is 5.13 Å². The van der Waals surface area contributed by atoms with Crippen LogP contribution in [0.2, 0.25) is 0 Å². The summed E-state index contributed by atoms with van der Waals surface area (Å²) in [6, 6.07) is 13.0. The average Bonchev–Trinajstić information content (AvgIpc) is 3.11. The number of nitrogens with zero attached hydrogens (tertiary/aromatic N) is 1. The lowest BCUT2D eigenvalue weighted by molar-refractivity contribution is -0.119. The molecule has 132 valence electrons. The van der Waals surface area contributed by atoms with Crippen molar-refractivity contribution in [2.45, 2.75) is 0 Å². The van der Waals surface area contributed by atoms with Crippen LogP contribution < -0.4 is 5.32 Å². The summed E-state index contributed by atoms with van der Waals surface area (Å²) in [6.45, 7) is -0.499. The van der Waals surface area contributed by atoms with Crippen molar-refractivity contribution in [3.8, 4) is 22.8 Å². The topological polar surface area (TPSA) is 109 Å². The lowest BCUT2D eigenvalue weighted by Crippen LogP contribution is -2.20. The second-order valence-electron chi connectivity index (χ2n) is 5.23. The van der Waals surface area contributed by atoms with E-state index in [9.17, 15) is 19.8 Å². The van der Waals surface area contributed by atoms with E-state index in [4.69, 9.17) is 4.74 Å². The van der Waals surface area contributed by atoms with Crippen LogP contribution in [0.25, 0.3) is 11.3 Å². The van der Waals surface area contributed by atoms with Crippen LogP contribution in [0.1, 0.15) is 10.4 Å². The van der Waals surface area contributed by atoms with Gasteiger partial charge in [-0.15, -0.1) is 11.3 Å². The summed E-state index contributed by atoms with van der Waals surface area (Å²) in [6.07, 6.45) is 0. The van der Waals surface area contributed by atoms with E-state index in [0.717, 1.165) is 23.4 Å². The molecule has 0 saturated heterocycles. The van der Waals surface area contributed by atoms with E-state index >= 15 is 0 Å². The maximum atomic E-state index is 11.9. The molecule has 3 aromatic rings. The van der Waals surface area contributed by atoms with Crippen LogP contribution in [-0.2, 0) is 9.53 Å². The van der Waals surface area contributed by atoms with Crippen molar-refractivity contribution in [3.63, 3.8) is 0 Å². The van der Waals surface area contributed by atoms with Crippen LogP contribution in [0.15, 0.2) is 53.9 Å². The summed E-state index contributed by atoms with van der Waals surface area (Å²) in [5, 5.41) is 23.4. The van der Waals surface area contributed by atoms with Gasteiger partial charge in [-0.3, -0.25) is 10.1 Å². The Balaban J connectivity index is 1.55. The molecule has 0 atom stereocenters. The van der Waals surface area contributed by atoms with Crippen molar-refractivity contribution in [3.05, 3.63) is 59.5 Å². The number of thiazole rings is 1. The van der Waals surface area contributed by atoms with E-state index in [1.165, 1.54) is 17.4 Å². The van der Waals surface area contributed by atoms with E-state index in [1.807, 2.05) is 35.7 Å². The fourth-order valence-electron chi connectivity index (χ4n) is 2.09. The molecule has 26 heavy (non-hydrogen) atoms. The molecular formula is C18H14N2O5S. The summed E-state index contributed by atoms with van der Waals surface area (Å²) in [7, 11) is 0. The van der Waals surface area contributed by atoms with E-state index in [-0.39, 0.29) is 11.3 Å². The van der Waals surface area contributed by atoms with Crippen LogP contribution in [-0.4, -0.2) is 33.7 Å². The molecule has 0 radical (unpaired) electrons. The lowest BCUT2D eigenvalue weighted by Gasteiger charge is -2.05. The molecule has 0 aliphatic heterocycles. The third-order valence-corrected chi connectivity index (χ3v) is 4.12. The normalized spacial score (nSPS) is 10.3. The Kier molecular flexibility index (Phi) is 5.14. The summed E-state index contributed by atoms with van der Waals surface area (Å²) >= 11 is 1.26. The maximum Gasteiger partial charge on any atom is 0.338 e. The Morgan fingerprint density at radius 1 is 1.08 bits per heavy atom. The third kappa shape index (κ3) is 4.17. The monoisotopic (exact) mass is 370 g/mol. The van der Waals surface area contributed by atoms with Crippen LogP contribution in [0.5, 0.6) is 11.5 Å². The zero-order valence-electron chi connectivity index (χ0n) is 13.4. The number of ether oxygens (including phenoxy) is 1. The van der Waals surface area contributed by atoms with Gasteiger partial charge in [-0.1, -0.05) is 30.3 Å². The fraction of sp³-hybridized carbons (Fsp3) is 0.0556. The first kappa shape index (κ1) is 17.4. The number of carbonyl (C=O) groups is 2. The molecule has 0 fully saturated rings. The van der Waals surface area contributed by atoms with Crippen molar-refractivity contribution in [1.29, 1.82) is 0 Å². The highest BCUT2D eigenvalue weighted by Crippen LogP contribution is 2.26. The zero-order valence-corrected chi connectivity index (χ0v) is 14.2. The van der Waals surface area contributed by atoms with Crippen LogP contribution in [0, 0.1) is 0 Å². The second-order valence-corrected chi connectivity index (χ2v) is 6.09. The van der Waals surface area contributed by atoms with E-state index in [2.05, 4.69) is 10.3 Å². The number of hydrogen-bond acceptors (Lipinski definition) is 7. The molecule has 1 amide bonds. The van der Waals surface area contributed by atoms with Crippen molar-refractivity contribution < 1.29 is 24.5 Å². The van der Waals surface area contributed by atoms with Gasteiger partial charge in [0, 0.05) is 10.9 Å². The molecule has 0 aliphatic rings. The second kappa shape index (κ2) is 7.66. The predicted octanol–water partition coefficient (Wildman–Crippen LogP) is 3.02. The smallest absolute Gasteiger partial charge is 0.338 e. The minimum absolute atomic E-state index is 0.0220. The molecule has 7 nitrogen and oxygen atoms in total. The number of aromatic hydroxyl groups is 2. The molecule has 3 rings (SSSR count). The molecule has 2 aromatic carbocycles. The Labute approximate surface area is 152 Å². The van der Waals surface area contributed by atoms with Crippen LogP contribution in [0.4, 0.5) is 5.13 Å². The number of esters is 1. The average molecular weight is 370 g/mol. The predicted molar refractivity (Wildman–Crippen MR) is 96.2 cm³/mol. The van der Waals surface area contributed by atoms with E-state index < -0.39 is 24.2 Å². The van der Waals surface area contributed by atoms with Gasteiger partial charge in [0.1, 0.15) is 0 Å². The lowest BCUT2D eigenvalue weighted by atomic mass is 10.2. The molecular weight excluding hydrogens is 356 g/mol. The molecule has 1 aromatic heterocycles. The standard InChI is InChI=1S/C18H14N2O5S/c21-14-7-6-12(8-15(14)22)17(24)25-9-16(23)20-18-19-13(10-26-18)11-4-2-1-3-5-11/h1-8,10,21-22H,9H2,(H,19,20,23). The van der Waals surface area contributed by atoms with Gasteiger partial charge in [-0.05, 0) is 18.2 Å². The number of benzene rings is 2. The SMILES string of the molecule is O=C(COC(=O)c1ccc(O)c(O)c1)Nc1nc(-c2ccccc2)cs1. The summed E-state index contributed by atoms with van der Waals surface area (Å²) in [4.78, 5) is 28.1. The van der Waals surface area contributed by atoms with Gasteiger partial charge >= 0.3 is 5.97 Å². The molecule has 0 unspecified atom stereocenters. The first-order chi connectivity index (χ1) is 12.5. The first-order valence-corrected chi connectivity index (χ1v) is 8.41. The Bertz CT molecular complexity index is 940. The maximum absolute atomic E-state index is 11.9. The Morgan fingerprint density at radius 3 is 2.58 bits per heavy atom. The van der Waals surface area contributed by atoms with Gasteiger partial charge in [-0.2, -0.15) is 0 Å². The van der Waals surface area contributed by atoms with Gasteiger partial charge in [-0.25, -0.2) is 9.78 Å². The van der Waals surface area contributed by atoms with Crippen molar-refractivity contribution in [2.24, 2.45) is 0 Å². The highest BCUT2D eigenvalue weighted by atomic mass is 32.1. The largest absolute Gasteiger partial charge is 0.504 e. The molecule has 0 bridgehead atoms. The minimum atomic E-state index is -0.792. The summed E-state index contributed by atoms with van der Waals surface area (Å²) in [5.41, 5.74) is 1.69. The van der Waals surface area contributed by atoms with Crippen molar-refractivity contribution in [2.75, 3.05) is 11.9 Å². The number of amides is 1. The van der Waals surface area contributed by atoms with Gasteiger partial charge in [0.05, 0.1) is 11.3 Å². The molecule has 1 heterocycles. The minimum Gasteiger partial charge on any atom is -0.504 e. The van der Waals surface area contributed by atoms with Gasteiger partial charge < -0.3 is 14.9 Å². The summed E-state index contributed by atoms with van der Waals surface area (Å²) in [5.74, 6) is -2.12. The molecule has 0 aliphatic carbocycles. The number of aromatic nitrogens is 1. The number of phenolic OH excluding ortho intramolecular Hbond substituents is 2.